The van der Waals surface area contributed by atoms with Gasteiger partial charge in [0.15, 0.2) is 0 Å². The Kier molecular flexibility index (Phi) is 5.03. The smallest absolute Gasteiger partial charge is 0.272 e. The molecule has 0 aliphatic carbocycles. The zero-order valence-corrected chi connectivity index (χ0v) is 13.6. The minimum Gasteiger partial charge on any atom is -0.335 e. The molecule has 1 N–H and O–H groups in total. The summed E-state index contributed by atoms with van der Waals surface area (Å²) in [5.74, 6) is 0.0240. The fourth-order valence-electron chi connectivity index (χ4n) is 2.88. The largest absolute Gasteiger partial charge is 0.335 e. The van der Waals surface area contributed by atoms with Crippen molar-refractivity contribution in [1.82, 2.24) is 15.2 Å². The van der Waals surface area contributed by atoms with Crippen LogP contribution in [0, 0.1) is 0 Å². The second kappa shape index (κ2) is 7.38. The van der Waals surface area contributed by atoms with Gasteiger partial charge >= 0.3 is 0 Å². The van der Waals surface area contributed by atoms with E-state index in [1.54, 1.807) is 6.07 Å². The Bertz CT molecular complexity index is 661. The Morgan fingerprint density at radius 1 is 1.13 bits per heavy atom. The number of hydrogen-bond acceptors (Lipinski definition) is 3. The van der Waals surface area contributed by atoms with Gasteiger partial charge in [0.05, 0.1) is 5.69 Å². The van der Waals surface area contributed by atoms with E-state index in [1.807, 2.05) is 17.0 Å². The highest BCUT2D eigenvalue weighted by Crippen LogP contribution is 2.19. The maximum absolute atomic E-state index is 12.6. The Labute approximate surface area is 137 Å². The van der Waals surface area contributed by atoms with Gasteiger partial charge in [-0.05, 0) is 24.1 Å². The average molecular weight is 309 g/mol. The lowest BCUT2D eigenvalue weighted by Gasteiger charge is -2.27. The van der Waals surface area contributed by atoms with E-state index in [4.69, 9.17) is 0 Å². The van der Waals surface area contributed by atoms with Crippen molar-refractivity contribution >= 4 is 5.91 Å². The molecule has 0 radical (unpaired) electrons. The van der Waals surface area contributed by atoms with Gasteiger partial charge in [-0.3, -0.25) is 4.79 Å². The van der Waals surface area contributed by atoms with E-state index in [9.17, 15) is 4.79 Å². The number of benzene rings is 1. The van der Waals surface area contributed by atoms with Gasteiger partial charge in [0.1, 0.15) is 5.69 Å². The highest BCUT2D eigenvalue weighted by Gasteiger charge is 2.19. The number of piperazine rings is 1. The van der Waals surface area contributed by atoms with Crippen molar-refractivity contribution < 1.29 is 4.79 Å². The fraction of sp³-hybridized carbons (Fsp3) is 0.368. The summed E-state index contributed by atoms with van der Waals surface area (Å²) in [6.07, 6.45) is 2.24. The van der Waals surface area contributed by atoms with Crippen molar-refractivity contribution in [2.24, 2.45) is 0 Å². The first-order valence-electron chi connectivity index (χ1n) is 8.34. The van der Waals surface area contributed by atoms with E-state index >= 15 is 0 Å². The standard InChI is InChI=1S/C19H23N3O/c1-2-4-15-7-9-16(10-8-15)17-5-3-6-18(21-17)19(23)22-13-11-20-12-14-22/h3,5-10,20H,2,4,11-14H2,1H3. The monoisotopic (exact) mass is 309 g/mol. The van der Waals surface area contributed by atoms with Crippen molar-refractivity contribution in [3.63, 3.8) is 0 Å². The maximum atomic E-state index is 12.6. The number of nitrogens with zero attached hydrogens (tertiary/aromatic N) is 2. The van der Waals surface area contributed by atoms with Crippen molar-refractivity contribution in [1.29, 1.82) is 0 Å². The van der Waals surface area contributed by atoms with Crippen molar-refractivity contribution in [3.8, 4) is 11.3 Å². The summed E-state index contributed by atoms with van der Waals surface area (Å²) >= 11 is 0. The molecule has 0 atom stereocenters. The second-order valence-corrected chi connectivity index (χ2v) is 5.90. The second-order valence-electron chi connectivity index (χ2n) is 5.90. The van der Waals surface area contributed by atoms with Crippen LogP contribution < -0.4 is 5.32 Å². The number of nitrogens with one attached hydrogen (secondary N) is 1. The zero-order chi connectivity index (χ0) is 16.1. The van der Waals surface area contributed by atoms with Crippen molar-refractivity contribution in [2.45, 2.75) is 19.8 Å². The van der Waals surface area contributed by atoms with Crippen LogP contribution in [-0.4, -0.2) is 42.0 Å². The number of carbonyl (C=O) groups is 1. The van der Waals surface area contributed by atoms with Gasteiger partial charge in [0, 0.05) is 31.7 Å². The number of aryl methyl sites for hydroxylation is 1. The Balaban J connectivity index is 1.80. The molecule has 0 bridgehead atoms. The molecule has 0 saturated carbocycles. The van der Waals surface area contributed by atoms with Crippen LogP contribution in [0.2, 0.25) is 0 Å². The van der Waals surface area contributed by atoms with E-state index < -0.39 is 0 Å². The molecule has 1 aliphatic heterocycles. The molecule has 1 aliphatic rings. The predicted molar refractivity (Wildman–Crippen MR) is 92.4 cm³/mol. The van der Waals surface area contributed by atoms with E-state index in [0.717, 1.165) is 50.3 Å². The van der Waals surface area contributed by atoms with E-state index in [-0.39, 0.29) is 5.91 Å². The molecule has 4 heteroatoms. The molecule has 0 unspecified atom stereocenters. The summed E-state index contributed by atoms with van der Waals surface area (Å²) in [5, 5.41) is 3.26. The minimum absolute atomic E-state index is 0.0240. The SMILES string of the molecule is CCCc1ccc(-c2cccc(C(=O)N3CCNCC3)n2)cc1. The van der Waals surface area contributed by atoms with E-state index in [2.05, 4.69) is 41.5 Å². The van der Waals surface area contributed by atoms with Gasteiger partial charge in [0.2, 0.25) is 0 Å². The molecule has 120 valence electrons. The molecule has 1 aromatic heterocycles. The first-order valence-corrected chi connectivity index (χ1v) is 8.34. The molecule has 1 aromatic carbocycles. The van der Waals surface area contributed by atoms with Crippen LogP contribution in [0.4, 0.5) is 0 Å². The molecule has 4 nitrogen and oxygen atoms in total. The highest BCUT2D eigenvalue weighted by molar-refractivity contribution is 5.93. The molecule has 3 rings (SSSR count). The zero-order valence-electron chi connectivity index (χ0n) is 13.6. The predicted octanol–water partition coefficient (Wildman–Crippen LogP) is 2.75. The van der Waals surface area contributed by atoms with Gasteiger partial charge in [0.25, 0.3) is 5.91 Å². The lowest BCUT2D eigenvalue weighted by atomic mass is 10.1. The summed E-state index contributed by atoms with van der Waals surface area (Å²) in [4.78, 5) is 19.0. The van der Waals surface area contributed by atoms with E-state index in [0.29, 0.717) is 5.69 Å². The molecule has 23 heavy (non-hydrogen) atoms. The van der Waals surface area contributed by atoms with Gasteiger partial charge in [-0.15, -0.1) is 0 Å². The third kappa shape index (κ3) is 3.77. The van der Waals surface area contributed by atoms with E-state index in [1.165, 1.54) is 5.56 Å². The molecule has 2 heterocycles. The normalized spacial score (nSPS) is 14.7. The Hall–Kier alpha value is -2.20. The number of aromatic nitrogens is 1. The molecular formula is C19H23N3O. The lowest BCUT2D eigenvalue weighted by molar-refractivity contribution is 0.0730. The highest BCUT2D eigenvalue weighted by atomic mass is 16.2. The summed E-state index contributed by atoms with van der Waals surface area (Å²) in [6.45, 7) is 5.38. The van der Waals surface area contributed by atoms with Crippen LogP contribution in [0.1, 0.15) is 29.4 Å². The first-order chi connectivity index (χ1) is 11.3. The van der Waals surface area contributed by atoms with Gasteiger partial charge in [-0.2, -0.15) is 0 Å². The first kappa shape index (κ1) is 15.7. The summed E-state index contributed by atoms with van der Waals surface area (Å²) in [5.41, 5.74) is 3.78. The number of amides is 1. The van der Waals surface area contributed by atoms with Crippen LogP contribution in [0.25, 0.3) is 11.3 Å². The van der Waals surface area contributed by atoms with Crippen LogP contribution in [0.5, 0.6) is 0 Å². The van der Waals surface area contributed by atoms with Gasteiger partial charge < -0.3 is 10.2 Å². The minimum atomic E-state index is 0.0240. The third-order valence-corrected chi connectivity index (χ3v) is 4.16. The maximum Gasteiger partial charge on any atom is 0.272 e. The van der Waals surface area contributed by atoms with Crippen LogP contribution in [0.15, 0.2) is 42.5 Å². The average Bonchev–Trinajstić information content (AvgIpc) is 2.63. The molecule has 1 saturated heterocycles. The summed E-state index contributed by atoms with van der Waals surface area (Å²) in [7, 11) is 0. The van der Waals surface area contributed by atoms with Crippen LogP contribution in [-0.2, 0) is 6.42 Å². The molecule has 1 amide bonds. The number of hydrogen-bond donors (Lipinski definition) is 1. The molecule has 2 aromatic rings. The Morgan fingerprint density at radius 3 is 2.57 bits per heavy atom. The number of rotatable bonds is 4. The number of carbonyl (C=O) groups excluding carboxylic acids is 1. The summed E-state index contributed by atoms with van der Waals surface area (Å²) in [6, 6.07) is 14.1. The van der Waals surface area contributed by atoms with Gasteiger partial charge in [-0.1, -0.05) is 43.7 Å². The van der Waals surface area contributed by atoms with Crippen molar-refractivity contribution in [2.75, 3.05) is 26.2 Å². The van der Waals surface area contributed by atoms with Crippen molar-refractivity contribution in [3.05, 3.63) is 53.7 Å². The third-order valence-electron chi connectivity index (χ3n) is 4.16. The quantitative estimate of drug-likeness (QED) is 0.944. The molecular weight excluding hydrogens is 286 g/mol. The Morgan fingerprint density at radius 2 is 1.87 bits per heavy atom. The molecule has 0 spiro atoms. The lowest BCUT2D eigenvalue weighted by Crippen LogP contribution is -2.46. The fourth-order valence-corrected chi connectivity index (χ4v) is 2.88. The van der Waals surface area contributed by atoms with Gasteiger partial charge in [-0.25, -0.2) is 4.98 Å². The number of pyridine rings is 1. The molecule has 1 fully saturated rings. The van der Waals surface area contributed by atoms with Crippen LogP contribution in [0.3, 0.4) is 0 Å². The topological polar surface area (TPSA) is 45.2 Å². The van der Waals surface area contributed by atoms with Crippen LogP contribution >= 0.6 is 0 Å². The summed E-state index contributed by atoms with van der Waals surface area (Å²) < 4.78 is 0.